The van der Waals surface area contributed by atoms with Crippen LogP contribution in [0.5, 0.6) is 0 Å². The van der Waals surface area contributed by atoms with Crippen LogP contribution in [0.4, 0.5) is 11.9 Å². The number of anilines is 2. The SMILES string of the molecule is CCCNc1nc(Cl)nc(NCCn2cccn2)n1. The van der Waals surface area contributed by atoms with Crippen LogP contribution in [0.3, 0.4) is 0 Å². The average Bonchev–Trinajstić information content (AvgIpc) is 2.89. The third kappa shape index (κ3) is 4.36. The molecule has 2 heterocycles. The zero-order valence-corrected chi connectivity index (χ0v) is 11.4. The quantitative estimate of drug-likeness (QED) is 0.803. The van der Waals surface area contributed by atoms with Crippen molar-refractivity contribution in [2.24, 2.45) is 0 Å². The number of rotatable bonds is 7. The highest BCUT2D eigenvalue weighted by Crippen LogP contribution is 2.09. The van der Waals surface area contributed by atoms with Crippen LogP contribution in [-0.4, -0.2) is 37.8 Å². The number of hydrogen-bond acceptors (Lipinski definition) is 6. The third-order valence-electron chi connectivity index (χ3n) is 2.32. The Kier molecular flexibility index (Phi) is 4.91. The zero-order valence-electron chi connectivity index (χ0n) is 10.7. The minimum atomic E-state index is 0.176. The van der Waals surface area contributed by atoms with Crippen molar-refractivity contribution in [2.45, 2.75) is 19.9 Å². The lowest BCUT2D eigenvalue weighted by Gasteiger charge is -2.07. The number of aromatic nitrogens is 5. The standard InChI is InChI=1S/C11H16ClN7/c1-2-4-13-10-16-9(12)17-11(18-10)14-6-8-19-7-3-5-15-19/h3,5,7H,2,4,6,8H2,1H3,(H2,13,14,16,17,18). The molecular formula is C11H16ClN7. The van der Waals surface area contributed by atoms with E-state index in [-0.39, 0.29) is 5.28 Å². The molecule has 102 valence electrons. The zero-order chi connectivity index (χ0) is 13.5. The molecule has 0 atom stereocenters. The maximum Gasteiger partial charge on any atom is 0.228 e. The Hall–Kier alpha value is -1.89. The smallest absolute Gasteiger partial charge is 0.228 e. The van der Waals surface area contributed by atoms with Crippen molar-refractivity contribution in [2.75, 3.05) is 23.7 Å². The molecule has 0 radical (unpaired) electrons. The fraction of sp³-hybridized carbons (Fsp3) is 0.455. The molecule has 0 aliphatic rings. The Balaban J connectivity index is 1.90. The van der Waals surface area contributed by atoms with E-state index in [4.69, 9.17) is 11.6 Å². The molecule has 2 aromatic rings. The van der Waals surface area contributed by atoms with Crippen LogP contribution in [-0.2, 0) is 6.54 Å². The highest BCUT2D eigenvalue weighted by molar-refractivity contribution is 6.28. The molecule has 7 nitrogen and oxygen atoms in total. The van der Waals surface area contributed by atoms with E-state index in [1.807, 2.05) is 16.9 Å². The molecule has 0 amide bonds. The van der Waals surface area contributed by atoms with Crippen molar-refractivity contribution in [1.29, 1.82) is 0 Å². The maximum absolute atomic E-state index is 5.85. The van der Waals surface area contributed by atoms with Crippen molar-refractivity contribution in [3.8, 4) is 0 Å². The van der Waals surface area contributed by atoms with E-state index in [2.05, 4.69) is 37.6 Å². The molecule has 8 heteroatoms. The van der Waals surface area contributed by atoms with Gasteiger partial charge in [-0.3, -0.25) is 4.68 Å². The minimum absolute atomic E-state index is 0.176. The lowest BCUT2D eigenvalue weighted by molar-refractivity contribution is 0.636. The Morgan fingerprint density at radius 3 is 2.53 bits per heavy atom. The molecule has 0 aliphatic heterocycles. The monoisotopic (exact) mass is 281 g/mol. The normalized spacial score (nSPS) is 10.4. The lowest BCUT2D eigenvalue weighted by Crippen LogP contribution is -2.14. The van der Waals surface area contributed by atoms with Gasteiger partial charge in [0.05, 0.1) is 6.54 Å². The van der Waals surface area contributed by atoms with Crippen LogP contribution >= 0.6 is 11.6 Å². The number of nitrogens with one attached hydrogen (secondary N) is 2. The van der Waals surface area contributed by atoms with E-state index in [0.717, 1.165) is 19.5 Å². The van der Waals surface area contributed by atoms with Gasteiger partial charge in [-0.25, -0.2) is 0 Å². The van der Waals surface area contributed by atoms with Crippen molar-refractivity contribution in [3.05, 3.63) is 23.7 Å². The molecule has 0 unspecified atom stereocenters. The van der Waals surface area contributed by atoms with Gasteiger partial charge in [-0.05, 0) is 24.1 Å². The van der Waals surface area contributed by atoms with Gasteiger partial charge in [0, 0.05) is 25.5 Å². The van der Waals surface area contributed by atoms with Gasteiger partial charge in [-0.15, -0.1) is 0 Å². The van der Waals surface area contributed by atoms with Crippen LogP contribution in [0.1, 0.15) is 13.3 Å². The number of halogens is 1. The summed E-state index contributed by atoms with van der Waals surface area (Å²) in [5.41, 5.74) is 0. The molecule has 0 saturated carbocycles. The molecular weight excluding hydrogens is 266 g/mol. The van der Waals surface area contributed by atoms with Gasteiger partial charge in [-0.2, -0.15) is 20.1 Å². The largest absolute Gasteiger partial charge is 0.354 e. The van der Waals surface area contributed by atoms with Crippen LogP contribution in [0.25, 0.3) is 0 Å². The van der Waals surface area contributed by atoms with Gasteiger partial charge < -0.3 is 10.6 Å². The first-order chi connectivity index (χ1) is 9.28. The van der Waals surface area contributed by atoms with Gasteiger partial charge >= 0.3 is 0 Å². The van der Waals surface area contributed by atoms with Gasteiger partial charge in [0.2, 0.25) is 17.2 Å². The summed E-state index contributed by atoms with van der Waals surface area (Å²) in [6.07, 6.45) is 4.63. The molecule has 0 aromatic carbocycles. The highest BCUT2D eigenvalue weighted by atomic mass is 35.5. The van der Waals surface area contributed by atoms with Gasteiger partial charge in [0.1, 0.15) is 0 Å². The molecule has 0 bridgehead atoms. The Labute approximate surface area is 116 Å². The predicted octanol–water partition coefficient (Wildman–Crippen LogP) is 1.66. The predicted molar refractivity (Wildman–Crippen MR) is 74.3 cm³/mol. The third-order valence-corrected chi connectivity index (χ3v) is 2.49. The van der Waals surface area contributed by atoms with Crippen molar-refractivity contribution < 1.29 is 0 Å². The van der Waals surface area contributed by atoms with E-state index < -0.39 is 0 Å². The summed E-state index contributed by atoms with van der Waals surface area (Å²) in [5, 5.41) is 10.5. The molecule has 0 aliphatic carbocycles. The van der Waals surface area contributed by atoms with Gasteiger partial charge in [-0.1, -0.05) is 6.92 Å². The van der Waals surface area contributed by atoms with Crippen LogP contribution < -0.4 is 10.6 Å². The van der Waals surface area contributed by atoms with Crippen molar-refractivity contribution in [3.63, 3.8) is 0 Å². The first-order valence-corrected chi connectivity index (χ1v) is 6.52. The van der Waals surface area contributed by atoms with Crippen LogP contribution in [0, 0.1) is 0 Å². The Bertz CT molecular complexity index is 500. The Morgan fingerprint density at radius 2 is 1.89 bits per heavy atom. The fourth-order valence-corrected chi connectivity index (χ4v) is 1.62. The molecule has 0 saturated heterocycles. The van der Waals surface area contributed by atoms with E-state index in [1.54, 1.807) is 6.20 Å². The average molecular weight is 282 g/mol. The van der Waals surface area contributed by atoms with Crippen molar-refractivity contribution in [1.82, 2.24) is 24.7 Å². The summed E-state index contributed by atoms with van der Waals surface area (Å²) in [4.78, 5) is 12.3. The van der Waals surface area contributed by atoms with Gasteiger partial charge in [0.15, 0.2) is 0 Å². The molecule has 2 N–H and O–H groups in total. The minimum Gasteiger partial charge on any atom is -0.354 e. The molecule has 0 fully saturated rings. The fourth-order valence-electron chi connectivity index (χ4n) is 1.46. The Morgan fingerprint density at radius 1 is 1.16 bits per heavy atom. The van der Waals surface area contributed by atoms with E-state index >= 15 is 0 Å². The summed E-state index contributed by atoms with van der Waals surface area (Å²) in [5.74, 6) is 0.953. The van der Waals surface area contributed by atoms with E-state index in [1.165, 1.54) is 0 Å². The first-order valence-electron chi connectivity index (χ1n) is 6.14. The van der Waals surface area contributed by atoms with Crippen molar-refractivity contribution >= 4 is 23.5 Å². The summed E-state index contributed by atoms with van der Waals surface area (Å²) in [7, 11) is 0. The maximum atomic E-state index is 5.85. The van der Waals surface area contributed by atoms with Gasteiger partial charge in [0.25, 0.3) is 0 Å². The topological polar surface area (TPSA) is 80.5 Å². The van der Waals surface area contributed by atoms with Crippen LogP contribution in [0.15, 0.2) is 18.5 Å². The summed E-state index contributed by atoms with van der Waals surface area (Å²) >= 11 is 5.85. The summed E-state index contributed by atoms with van der Waals surface area (Å²) < 4.78 is 1.83. The second kappa shape index (κ2) is 6.89. The summed E-state index contributed by atoms with van der Waals surface area (Å²) in [6, 6.07) is 1.88. The van der Waals surface area contributed by atoms with E-state index in [0.29, 0.717) is 18.4 Å². The highest BCUT2D eigenvalue weighted by Gasteiger charge is 2.03. The second-order valence-corrected chi connectivity index (χ2v) is 4.21. The molecule has 19 heavy (non-hydrogen) atoms. The number of nitrogens with zero attached hydrogens (tertiary/aromatic N) is 5. The van der Waals surface area contributed by atoms with E-state index in [9.17, 15) is 0 Å². The number of hydrogen-bond donors (Lipinski definition) is 2. The summed E-state index contributed by atoms with van der Waals surface area (Å²) in [6.45, 7) is 4.26. The molecule has 0 spiro atoms. The molecule has 2 aromatic heterocycles. The first kappa shape index (κ1) is 13.5. The molecule has 2 rings (SSSR count). The lowest BCUT2D eigenvalue weighted by atomic mass is 10.5. The van der Waals surface area contributed by atoms with Crippen LogP contribution in [0.2, 0.25) is 5.28 Å². The second-order valence-electron chi connectivity index (χ2n) is 3.87.